The van der Waals surface area contributed by atoms with E-state index in [1.54, 1.807) is 37.6 Å². The van der Waals surface area contributed by atoms with Crippen LogP contribution >= 0.6 is 11.8 Å². The summed E-state index contributed by atoms with van der Waals surface area (Å²) in [6.45, 7) is 2.47. The average Bonchev–Trinajstić information content (AvgIpc) is 3.32. The molecule has 2 heterocycles. The monoisotopic (exact) mass is 395 g/mol. The van der Waals surface area contributed by atoms with E-state index < -0.39 is 5.51 Å². The fourth-order valence-corrected chi connectivity index (χ4v) is 4.15. The largest absolute Gasteiger partial charge is 0.481 e. The zero-order valence-corrected chi connectivity index (χ0v) is 15.7. The first-order valence-electron chi connectivity index (χ1n) is 8.72. The van der Waals surface area contributed by atoms with Crippen molar-refractivity contribution in [2.45, 2.75) is 35.3 Å². The van der Waals surface area contributed by atoms with Crippen LogP contribution in [0.25, 0.3) is 0 Å². The van der Waals surface area contributed by atoms with Crippen molar-refractivity contribution < 1.29 is 17.9 Å². The first-order chi connectivity index (χ1) is 12.9. The van der Waals surface area contributed by atoms with Crippen molar-refractivity contribution in [2.75, 3.05) is 25.2 Å². The molecule has 2 aliphatic rings. The summed E-state index contributed by atoms with van der Waals surface area (Å²) >= 11 is -0.0768. The number of halogens is 3. The Balaban J connectivity index is 1.45. The molecule has 4 rings (SSSR count). The second-order valence-corrected chi connectivity index (χ2v) is 8.15. The van der Waals surface area contributed by atoms with Crippen LogP contribution in [0.3, 0.4) is 0 Å². The van der Waals surface area contributed by atoms with Crippen molar-refractivity contribution in [1.29, 1.82) is 0 Å². The first kappa shape index (κ1) is 18.4. The van der Waals surface area contributed by atoms with Crippen LogP contribution in [0.4, 0.5) is 18.9 Å². The summed E-state index contributed by atoms with van der Waals surface area (Å²) in [4.78, 5) is 9.05. The van der Waals surface area contributed by atoms with Crippen LogP contribution in [0.1, 0.15) is 18.4 Å². The number of thioether (sulfide) groups is 1. The van der Waals surface area contributed by atoms with Gasteiger partial charge in [-0.15, -0.1) is 0 Å². The van der Waals surface area contributed by atoms with E-state index in [1.165, 1.54) is 0 Å². The Labute approximate surface area is 160 Å². The van der Waals surface area contributed by atoms with Crippen molar-refractivity contribution in [3.63, 3.8) is 0 Å². The van der Waals surface area contributed by atoms with E-state index in [-0.39, 0.29) is 22.2 Å². The van der Waals surface area contributed by atoms with Gasteiger partial charge in [0.05, 0.1) is 13.8 Å². The minimum atomic E-state index is -4.25. The van der Waals surface area contributed by atoms with Crippen LogP contribution in [0.2, 0.25) is 0 Å². The van der Waals surface area contributed by atoms with Gasteiger partial charge in [0.2, 0.25) is 5.88 Å². The van der Waals surface area contributed by atoms with Crippen LogP contribution in [0, 0.1) is 0 Å². The molecule has 1 aliphatic carbocycles. The van der Waals surface area contributed by atoms with E-state index >= 15 is 0 Å². The number of pyridine rings is 1. The second kappa shape index (κ2) is 6.91. The van der Waals surface area contributed by atoms with Crippen LogP contribution in [0.15, 0.2) is 47.5 Å². The van der Waals surface area contributed by atoms with Gasteiger partial charge in [-0.05, 0) is 60.5 Å². The van der Waals surface area contributed by atoms with E-state index in [0.29, 0.717) is 5.88 Å². The van der Waals surface area contributed by atoms with Gasteiger partial charge in [-0.2, -0.15) is 13.2 Å². The van der Waals surface area contributed by atoms with Crippen LogP contribution < -0.4 is 9.64 Å². The Morgan fingerprint density at radius 1 is 1.19 bits per heavy atom. The molecule has 2 aromatic rings. The van der Waals surface area contributed by atoms with E-state index in [9.17, 15) is 13.2 Å². The molecule has 0 unspecified atom stereocenters. The molecule has 1 saturated carbocycles. The molecule has 0 atom stereocenters. The Bertz CT molecular complexity index is 809. The highest BCUT2D eigenvalue weighted by Gasteiger charge is 2.53. The summed E-state index contributed by atoms with van der Waals surface area (Å²) in [7, 11) is 1.60. The number of hydrogen-bond donors (Lipinski definition) is 0. The molecular formula is C19H20F3N3OS. The molecule has 0 bridgehead atoms. The van der Waals surface area contributed by atoms with Gasteiger partial charge in [0.25, 0.3) is 0 Å². The third-order valence-corrected chi connectivity index (χ3v) is 5.88. The molecule has 0 radical (unpaired) electrons. The summed E-state index contributed by atoms with van der Waals surface area (Å²) in [6.07, 6.45) is 4.04. The van der Waals surface area contributed by atoms with Gasteiger partial charge < -0.3 is 9.64 Å². The number of rotatable bonds is 5. The molecule has 8 heteroatoms. The fraction of sp³-hybridized carbons (Fsp3) is 0.421. The van der Waals surface area contributed by atoms with Crippen molar-refractivity contribution in [3.05, 3.63) is 48.2 Å². The molecule has 4 nitrogen and oxygen atoms in total. The normalized spacial score (nSPS) is 18.9. The first-order valence-corrected chi connectivity index (χ1v) is 9.53. The Morgan fingerprint density at radius 3 is 2.56 bits per heavy atom. The Kier molecular flexibility index (Phi) is 4.71. The molecule has 1 spiro atoms. The third-order valence-electron chi connectivity index (χ3n) is 5.14. The maximum Gasteiger partial charge on any atom is 0.446 e. The maximum absolute atomic E-state index is 12.5. The Hall–Kier alpha value is -1.93. The summed E-state index contributed by atoms with van der Waals surface area (Å²) < 4.78 is 42.7. The average molecular weight is 395 g/mol. The van der Waals surface area contributed by atoms with Gasteiger partial charge in [0.1, 0.15) is 0 Å². The van der Waals surface area contributed by atoms with Gasteiger partial charge in [-0.1, -0.05) is 0 Å². The van der Waals surface area contributed by atoms with Gasteiger partial charge in [-0.25, -0.2) is 4.98 Å². The highest BCUT2D eigenvalue weighted by Crippen LogP contribution is 2.48. The SMILES string of the molecule is COc1cc(CN2CN(c3ccc(SC(F)(F)F)cc3)CC23CC3)ccn1. The lowest BCUT2D eigenvalue weighted by Crippen LogP contribution is -2.32. The topological polar surface area (TPSA) is 28.6 Å². The molecule has 2 fully saturated rings. The highest BCUT2D eigenvalue weighted by atomic mass is 32.2. The van der Waals surface area contributed by atoms with Gasteiger partial charge >= 0.3 is 5.51 Å². The molecule has 1 aromatic heterocycles. The molecule has 0 amide bonds. The number of anilines is 1. The minimum absolute atomic E-state index is 0.0768. The molecule has 1 saturated heterocycles. The highest BCUT2D eigenvalue weighted by molar-refractivity contribution is 8.00. The summed E-state index contributed by atoms with van der Waals surface area (Å²) in [5.74, 6) is 0.603. The number of methoxy groups -OCH3 is 1. The molecule has 1 aromatic carbocycles. The number of hydrogen-bond acceptors (Lipinski definition) is 5. The van der Waals surface area contributed by atoms with Crippen LogP contribution in [-0.2, 0) is 6.54 Å². The third kappa shape index (κ3) is 4.16. The molecule has 0 N–H and O–H groups in total. The zero-order chi connectivity index (χ0) is 19.1. The smallest absolute Gasteiger partial charge is 0.446 e. The van der Waals surface area contributed by atoms with Gasteiger partial charge in [0, 0.05) is 41.5 Å². The predicted molar refractivity (Wildman–Crippen MR) is 98.9 cm³/mol. The van der Waals surface area contributed by atoms with Gasteiger partial charge in [0.15, 0.2) is 0 Å². The van der Waals surface area contributed by atoms with E-state index in [4.69, 9.17) is 4.74 Å². The molecule has 27 heavy (non-hydrogen) atoms. The van der Waals surface area contributed by atoms with Crippen molar-refractivity contribution in [3.8, 4) is 5.88 Å². The lowest BCUT2D eigenvalue weighted by atomic mass is 10.2. The van der Waals surface area contributed by atoms with Crippen molar-refractivity contribution >= 4 is 17.4 Å². The summed E-state index contributed by atoms with van der Waals surface area (Å²) in [6, 6.07) is 10.6. The van der Waals surface area contributed by atoms with Gasteiger partial charge in [-0.3, -0.25) is 4.90 Å². The number of benzene rings is 1. The predicted octanol–water partition coefficient (Wildman–Crippen LogP) is 4.51. The van der Waals surface area contributed by atoms with Crippen LogP contribution in [0.5, 0.6) is 5.88 Å². The van der Waals surface area contributed by atoms with E-state index in [0.717, 1.165) is 43.9 Å². The minimum Gasteiger partial charge on any atom is -0.481 e. The molecule has 144 valence electrons. The fourth-order valence-electron chi connectivity index (χ4n) is 3.61. The summed E-state index contributed by atoms with van der Waals surface area (Å²) in [5.41, 5.74) is -1.97. The van der Waals surface area contributed by atoms with E-state index in [1.807, 2.05) is 12.1 Å². The number of aromatic nitrogens is 1. The second-order valence-electron chi connectivity index (χ2n) is 7.01. The lowest BCUT2D eigenvalue weighted by molar-refractivity contribution is -0.0328. The lowest BCUT2D eigenvalue weighted by Gasteiger charge is -2.22. The maximum atomic E-state index is 12.5. The standard InChI is InChI=1S/C19H20F3N3OS/c1-26-17-10-14(6-9-23-17)11-25-13-24(12-18(25)7-8-18)15-2-4-16(5-3-15)27-19(20,21)22/h2-6,9-10H,7-8,11-13H2,1H3. The van der Waals surface area contributed by atoms with Crippen molar-refractivity contribution in [1.82, 2.24) is 9.88 Å². The zero-order valence-electron chi connectivity index (χ0n) is 14.9. The summed E-state index contributed by atoms with van der Waals surface area (Å²) in [5, 5.41) is 0. The van der Waals surface area contributed by atoms with Crippen molar-refractivity contribution in [2.24, 2.45) is 0 Å². The number of alkyl halides is 3. The quantitative estimate of drug-likeness (QED) is 0.695. The Morgan fingerprint density at radius 2 is 1.93 bits per heavy atom. The number of nitrogens with zero attached hydrogens (tertiary/aromatic N) is 3. The molecule has 1 aliphatic heterocycles. The van der Waals surface area contributed by atoms with Crippen LogP contribution in [-0.4, -0.2) is 41.3 Å². The number of ether oxygens (including phenoxy) is 1. The molecular weight excluding hydrogens is 375 g/mol. The van der Waals surface area contributed by atoms with E-state index in [2.05, 4.69) is 14.8 Å².